The molecule has 9 heteroatoms. The summed E-state index contributed by atoms with van der Waals surface area (Å²) in [6.45, 7) is 0. The van der Waals surface area contributed by atoms with Crippen LogP contribution in [-0.2, 0) is 7.05 Å². The first-order chi connectivity index (χ1) is 14.1. The fourth-order valence-electron chi connectivity index (χ4n) is 3.75. The Morgan fingerprint density at radius 3 is 2.90 bits per heavy atom. The molecule has 0 aliphatic heterocycles. The highest BCUT2D eigenvalue weighted by Gasteiger charge is 2.31. The first kappa shape index (κ1) is 17.6. The van der Waals surface area contributed by atoms with Crippen molar-refractivity contribution in [3.8, 4) is 11.3 Å². The van der Waals surface area contributed by atoms with Crippen molar-refractivity contribution in [2.24, 2.45) is 7.05 Å². The number of carbonyl (C=O) groups excluding carboxylic acids is 1. The molecule has 0 unspecified atom stereocenters. The van der Waals surface area contributed by atoms with Crippen LogP contribution < -0.4 is 10.6 Å². The van der Waals surface area contributed by atoms with Gasteiger partial charge in [0.1, 0.15) is 17.0 Å². The number of hydrogen-bond acceptors (Lipinski definition) is 6. The van der Waals surface area contributed by atoms with Gasteiger partial charge in [-0.2, -0.15) is 9.61 Å². The summed E-state index contributed by atoms with van der Waals surface area (Å²) >= 11 is 0. The second kappa shape index (κ2) is 6.56. The number of anilines is 1. The maximum Gasteiger partial charge on any atom is 0.257 e. The van der Waals surface area contributed by atoms with Crippen LogP contribution in [0.1, 0.15) is 23.2 Å². The number of carbonyl (C=O) groups is 1. The number of aromatic nitrogens is 5. The quantitative estimate of drug-likeness (QED) is 0.487. The molecule has 0 radical (unpaired) electrons. The number of fused-ring (bicyclic) bond motifs is 2. The van der Waals surface area contributed by atoms with Crippen LogP contribution in [0.2, 0.25) is 0 Å². The predicted molar refractivity (Wildman–Crippen MR) is 109 cm³/mol. The van der Waals surface area contributed by atoms with Crippen LogP contribution in [0.25, 0.3) is 27.9 Å². The van der Waals surface area contributed by atoms with E-state index in [1.54, 1.807) is 17.8 Å². The average Bonchev–Trinajstić information content (AvgIpc) is 3.31. The first-order valence-corrected chi connectivity index (χ1v) is 9.52. The lowest BCUT2D eigenvalue weighted by molar-refractivity contribution is 0.0448. The zero-order valence-electron chi connectivity index (χ0n) is 16.1. The summed E-state index contributed by atoms with van der Waals surface area (Å²) in [5.41, 5.74) is 3.34. The lowest BCUT2D eigenvalue weighted by atomic mass is 9.89. The molecule has 2 atom stereocenters. The highest BCUT2D eigenvalue weighted by Crippen LogP contribution is 2.30. The molecular formula is C20H21N7O2. The highest BCUT2D eigenvalue weighted by atomic mass is 16.3. The maximum atomic E-state index is 12.8. The van der Waals surface area contributed by atoms with E-state index in [2.05, 4.69) is 20.7 Å². The summed E-state index contributed by atoms with van der Waals surface area (Å²) in [7, 11) is 3.74. The number of rotatable bonds is 4. The van der Waals surface area contributed by atoms with Gasteiger partial charge in [0.05, 0.1) is 24.0 Å². The molecule has 3 N–H and O–H groups in total. The maximum absolute atomic E-state index is 12.8. The van der Waals surface area contributed by atoms with Gasteiger partial charge in [-0.05, 0) is 25.0 Å². The molecule has 0 spiro atoms. The second-order valence-corrected chi connectivity index (χ2v) is 7.32. The summed E-state index contributed by atoms with van der Waals surface area (Å²) in [5.74, 6) is 0.434. The minimum absolute atomic E-state index is 0.214. The highest BCUT2D eigenvalue weighted by molar-refractivity contribution is 6.01. The van der Waals surface area contributed by atoms with Crippen molar-refractivity contribution in [3.05, 3.63) is 42.4 Å². The van der Waals surface area contributed by atoms with E-state index in [1.807, 2.05) is 36.0 Å². The molecule has 9 nitrogen and oxygen atoms in total. The van der Waals surface area contributed by atoms with Gasteiger partial charge in [0.2, 0.25) is 0 Å². The average molecular weight is 391 g/mol. The predicted octanol–water partition coefficient (Wildman–Crippen LogP) is 1.58. The number of nitrogens with zero attached hydrogens (tertiary/aromatic N) is 5. The Bertz CT molecular complexity index is 1240. The van der Waals surface area contributed by atoms with Crippen LogP contribution in [0.5, 0.6) is 0 Å². The van der Waals surface area contributed by atoms with Crippen molar-refractivity contribution in [2.45, 2.75) is 25.0 Å². The third kappa shape index (κ3) is 2.73. The molecule has 1 aliphatic carbocycles. The third-order valence-electron chi connectivity index (χ3n) is 5.54. The normalized spacial score (nSPS) is 18.7. The number of aliphatic hydroxyl groups is 1. The van der Waals surface area contributed by atoms with E-state index in [1.165, 1.54) is 6.20 Å². The van der Waals surface area contributed by atoms with Gasteiger partial charge in [-0.3, -0.25) is 4.79 Å². The molecule has 1 amide bonds. The van der Waals surface area contributed by atoms with Gasteiger partial charge in [0.25, 0.3) is 5.91 Å². The van der Waals surface area contributed by atoms with Crippen LogP contribution in [0.15, 0.2) is 36.8 Å². The molecule has 1 fully saturated rings. The monoisotopic (exact) mass is 391 g/mol. The third-order valence-corrected chi connectivity index (χ3v) is 5.54. The van der Waals surface area contributed by atoms with Crippen molar-refractivity contribution in [2.75, 3.05) is 12.4 Å². The molecule has 5 rings (SSSR count). The standard InChI is InChI=1S/C20H21N7O2/c1-21-17-8-15(13-10-26(2)18-11(13)4-3-7-22-18)24-19-12(9-23-27(17)19)20(29)25-14-5-6-16(14)28/h3-4,7-10,14,16,21,28H,5-6H2,1-2H3,(H,25,29)/t14-,16+/m0/s1. The van der Waals surface area contributed by atoms with Crippen molar-refractivity contribution < 1.29 is 9.90 Å². The molecule has 0 saturated heterocycles. The van der Waals surface area contributed by atoms with Crippen LogP contribution in [-0.4, -0.2) is 54.4 Å². The van der Waals surface area contributed by atoms with Crippen molar-refractivity contribution in [1.29, 1.82) is 0 Å². The van der Waals surface area contributed by atoms with E-state index in [0.29, 0.717) is 23.4 Å². The van der Waals surface area contributed by atoms with E-state index in [-0.39, 0.29) is 11.9 Å². The summed E-state index contributed by atoms with van der Waals surface area (Å²) in [6.07, 6.45) is 6.25. The van der Waals surface area contributed by atoms with Gasteiger partial charge in [-0.25, -0.2) is 9.97 Å². The van der Waals surface area contributed by atoms with Gasteiger partial charge in [0, 0.05) is 43.5 Å². The molecule has 0 bridgehead atoms. The fraction of sp³-hybridized carbons (Fsp3) is 0.300. The first-order valence-electron chi connectivity index (χ1n) is 9.52. The molecule has 4 aromatic rings. The minimum atomic E-state index is -0.486. The molecule has 148 valence electrons. The Morgan fingerprint density at radius 2 is 2.17 bits per heavy atom. The molecule has 29 heavy (non-hydrogen) atoms. The number of amides is 1. The van der Waals surface area contributed by atoms with E-state index in [4.69, 9.17) is 4.98 Å². The molecule has 1 saturated carbocycles. The van der Waals surface area contributed by atoms with E-state index < -0.39 is 6.10 Å². The van der Waals surface area contributed by atoms with E-state index in [0.717, 1.165) is 28.7 Å². The Kier molecular flexibility index (Phi) is 3.99. The Morgan fingerprint density at radius 1 is 1.31 bits per heavy atom. The number of aryl methyl sites for hydroxylation is 1. The van der Waals surface area contributed by atoms with E-state index >= 15 is 0 Å². The van der Waals surface area contributed by atoms with Crippen LogP contribution in [0, 0.1) is 0 Å². The van der Waals surface area contributed by atoms with Gasteiger partial charge in [0.15, 0.2) is 5.65 Å². The zero-order valence-corrected chi connectivity index (χ0v) is 16.1. The molecular weight excluding hydrogens is 370 g/mol. The van der Waals surface area contributed by atoms with Gasteiger partial charge >= 0.3 is 0 Å². The topological polar surface area (TPSA) is 109 Å². The number of aliphatic hydroxyl groups excluding tert-OH is 1. The van der Waals surface area contributed by atoms with Crippen LogP contribution in [0.4, 0.5) is 5.82 Å². The van der Waals surface area contributed by atoms with Crippen molar-refractivity contribution >= 4 is 28.4 Å². The Hall–Kier alpha value is -3.46. The van der Waals surface area contributed by atoms with Gasteiger partial charge in [-0.15, -0.1) is 0 Å². The number of pyridine rings is 1. The minimum Gasteiger partial charge on any atom is -0.391 e. The molecule has 4 aromatic heterocycles. The van der Waals surface area contributed by atoms with Gasteiger partial charge in [-0.1, -0.05) is 0 Å². The van der Waals surface area contributed by atoms with E-state index in [9.17, 15) is 9.90 Å². The van der Waals surface area contributed by atoms with Crippen LogP contribution in [0.3, 0.4) is 0 Å². The SMILES string of the molecule is CNc1cc(-c2cn(C)c3ncccc23)nc2c(C(=O)N[C@H]3CC[C@H]3O)cnn12. The Balaban J connectivity index is 1.64. The number of nitrogens with one attached hydrogen (secondary N) is 2. The second-order valence-electron chi connectivity index (χ2n) is 7.32. The zero-order chi connectivity index (χ0) is 20.1. The van der Waals surface area contributed by atoms with Crippen LogP contribution >= 0.6 is 0 Å². The fourth-order valence-corrected chi connectivity index (χ4v) is 3.75. The smallest absolute Gasteiger partial charge is 0.257 e. The van der Waals surface area contributed by atoms with Gasteiger partial charge < -0.3 is 20.3 Å². The Labute approximate surface area is 166 Å². The largest absolute Gasteiger partial charge is 0.391 e. The number of hydrogen-bond donors (Lipinski definition) is 3. The summed E-state index contributed by atoms with van der Waals surface area (Å²) in [6, 6.07) is 5.59. The molecule has 1 aliphatic rings. The summed E-state index contributed by atoms with van der Waals surface area (Å²) in [4.78, 5) is 22.0. The summed E-state index contributed by atoms with van der Waals surface area (Å²) in [5, 5.41) is 21.1. The van der Waals surface area contributed by atoms with Crippen molar-refractivity contribution in [3.63, 3.8) is 0 Å². The molecule has 4 heterocycles. The lowest BCUT2D eigenvalue weighted by Gasteiger charge is -2.32. The molecule has 0 aromatic carbocycles. The summed E-state index contributed by atoms with van der Waals surface area (Å²) < 4.78 is 3.57. The lowest BCUT2D eigenvalue weighted by Crippen LogP contribution is -2.50. The van der Waals surface area contributed by atoms with Crippen molar-refractivity contribution in [1.82, 2.24) is 29.5 Å².